The normalized spacial score (nSPS) is 22.1. The Bertz CT molecular complexity index is 1240. The van der Waals surface area contributed by atoms with Gasteiger partial charge in [0.15, 0.2) is 0 Å². The van der Waals surface area contributed by atoms with E-state index in [0.717, 1.165) is 39.8 Å². The molecule has 2 aromatic carbocycles. The predicted octanol–water partition coefficient (Wildman–Crippen LogP) is 7.03. The number of amides is 1. The van der Waals surface area contributed by atoms with E-state index >= 15 is 0 Å². The number of likely N-dealkylation sites (tertiary alicyclic amines) is 1. The van der Waals surface area contributed by atoms with Gasteiger partial charge in [0.25, 0.3) is 11.8 Å². The number of rotatable bonds is 8. The molecule has 0 bridgehead atoms. The van der Waals surface area contributed by atoms with Crippen molar-refractivity contribution in [1.29, 1.82) is 0 Å². The number of alkyl halides is 2. The van der Waals surface area contributed by atoms with E-state index in [0.29, 0.717) is 33.7 Å². The second kappa shape index (κ2) is 12.4. The number of halogens is 2. The third kappa shape index (κ3) is 7.43. The first-order valence-corrected chi connectivity index (χ1v) is 14.3. The van der Waals surface area contributed by atoms with Gasteiger partial charge in [0.1, 0.15) is 0 Å². The quantitative estimate of drug-likeness (QED) is 0.355. The van der Waals surface area contributed by atoms with Crippen LogP contribution < -0.4 is 10.6 Å². The lowest BCUT2D eigenvalue weighted by molar-refractivity contribution is -0.0661. The van der Waals surface area contributed by atoms with Gasteiger partial charge in [-0.2, -0.15) is 0 Å². The van der Waals surface area contributed by atoms with Crippen molar-refractivity contribution in [3.05, 3.63) is 88.4 Å². The van der Waals surface area contributed by atoms with Crippen molar-refractivity contribution in [2.75, 3.05) is 18.4 Å². The van der Waals surface area contributed by atoms with Crippen molar-refractivity contribution in [2.24, 2.45) is 4.99 Å². The summed E-state index contributed by atoms with van der Waals surface area (Å²) in [6.45, 7) is 11.2. The molecule has 2 aromatic rings. The maximum Gasteiger partial charge on any atom is 0.260 e. The van der Waals surface area contributed by atoms with E-state index in [1.807, 2.05) is 49.5 Å². The van der Waals surface area contributed by atoms with Crippen molar-refractivity contribution in [2.45, 2.75) is 64.3 Å². The predicted molar refractivity (Wildman–Crippen MR) is 155 cm³/mol. The second-order valence-electron chi connectivity index (χ2n) is 10.2. The monoisotopic (exact) mass is 538 g/mol. The van der Waals surface area contributed by atoms with Crippen LogP contribution in [0.25, 0.3) is 0 Å². The summed E-state index contributed by atoms with van der Waals surface area (Å²) in [6, 6.07) is 13.4. The summed E-state index contributed by atoms with van der Waals surface area (Å²) < 4.78 is 27.6. The molecule has 2 aliphatic heterocycles. The summed E-state index contributed by atoms with van der Waals surface area (Å²) in [5.74, 6) is -2.70. The number of allylic oxidation sites excluding steroid dienone is 2. The number of aliphatic imine (C=N–C) groups is 1. The van der Waals surface area contributed by atoms with Gasteiger partial charge in [0.2, 0.25) is 0 Å². The molecule has 1 amide bonds. The van der Waals surface area contributed by atoms with E-state index < -0.39 is 5.92 Å². The van der Waals surface area contributed by atoms with E-state index in [9.17, 15) is 13.6 Å². The zero-order chi connectivity index (χ0) is 27.3. The van der Waals surface area contributed by atoms with Gasteiger partial charge in [-0.1, -0.05) is 46.4 Å². The number of carbonyl (C=O) groups is 1. The smallest absolute Gasteiger partial charge is 0.260 e. The Balaban J connectivity index is 1.37. The standard InChI is InChI=1S/C30H37F2N4OP/c1-5-8-27-22(4)38-28(17-33-27)34-21(3)23-9-6-10-26(16-23)35-29(37)24-11-12-25(20(2)15-24)18-36-14-7-13-30(31,32)19-36/h6,8-12,15-17,21,28,34,38H,4-5,7,13-14,18-19H2,1-3H3,(H,35,37)/b27-8+. The lowest BCUT2D eigenvalue weighted by Crippen LogP contribution is -2.42. The summed E-state index contributed by atoms with van der Waals surface area (Å²) in [6.07, 6.45) is 5.45. The molecule has 0 spiro atoms. The number of piperidine rings is 1. The molecule has 2 aliphatic rings. The molecule has 3 atom stereocenters. The number of carbonyl (C=O) groups excluding carboxylic acids is 1. The van der Waals surface area contributed by atoms with Crippen LogP contribution in [0.3, 0.4) is 0 Å². The molecule has 5 nitrogen and oxygen atoms in total. The van der Waals surface area contributed by atoms with E-state index in [4.69, 9.17) is 0 Å². The number of nitrogens with zero attached hydrogens (tertiary/aromatic N) is 2. The molecule has 2 heterocycles. The minimum absolute atomic E-state index is 0.0416. The van der Waals surface area contributed by atoms with Crippen molar-refractivity contribution in [1.82, 2.24) is 10.2 Å². The lowest BCUT2D eigenvalue weighted by Gasteiger charge is -2.32. The molecule has 0 aromatic heterocycles. The number of benzene rings is 2. The SMILES string of the molecule is C=C1PC(NC(C)c2cccc(NC(=O)c3ccc(CN4CCCC(F)(F)C4)c(C)c3)c2)C=N/C1=C/CC. The first kappa shape index (κ1) is 28.3. The van der Waals surface area contributed by atoms with Crippen molar-refractivity contribution < 1.29 is 13.6 Å². The molecular weight excluding hydrogens is 501 g/mol. The first-order chi connectivity index (χ1) is 18.1. The molecule has 3 unspecified atom stereocenters. The van der Waals surface area contributed by atoms with Crippen LogP contribution in [0.5, 0.6) is 0 Å². The van der Waals surface area contributed by atoms with Gasteiger partial charge in [-0.25, -0.2) is 8.78 Å². The molecule has 0 saturated carbocycles. The van der Waals surface area contributed by atoms with Gasteiger partial charge in [-0.3, -0.25) is 20.0 Å². The maximum absolute atomic E-state index is 13.8. The molecule has 0 radical (unpaired) electrons. The number of anilines is 1. The van der Waals surface area contributed by atoms with Crippen molar-refractivity contribution in [3.63, 3.8) is 0 Å². The Morgan fingerprint density at radius 1 is 1.32 bits per heavy atom. The Morgan fingerprint density at radius 2 is 2.13 bits per heavy atom. The minimum atomic E-state index is -2.62. The largest absolute Gasteiger partial charge is 0.322 e. The minimum Gasteiger partial charge on any atom is -0.322 e. The summed E-state index contributed by atoms with van der Waals surface area (Å²) >= 11 is 0. The number of hydrogen-bond donors (Lipinski definition) is 2. The summed E-state index contributed by atoms with van der Waals surface area (Å²) in [5.41, 5.74) is 5.19. The first-order valence-electron chi connectivity index (χ1n) is 13.2. The lowest BCUT2D eigenvalue weighted by atomic mass is 10.0. The van der Waals surface area contributed by atoms with E-state index in [1.54, 1.807) is 11.0 Å². The highest BCUT2D eigenvalue weighted by molar-refractivity contribution is 7.45. The topological polar surface area (TPSA) is 56.7 Å². The summed E-state index contributed by atoms with van der Waals surface area (Å²) in [5, 5.41) is 7.67. The fraction of sp³-hybridized carbons (Fsp3) is 0.400. The van der Waals surface area contributed by atoms with Crippen LogP contribution in [-0.2, 0) is 6.54 Å². The highest BCUT2D eigenvalue weighted by atomic mass is 31.1. The second-order valence-corrected chi connectivity index (χ2v) is 11.7. The number of hydrogen-bond acceptors (Lipinski definition) is 4. The van der Waals surface area contributed by atoms with Gasteiger partial charge in [-0.15, -0.1) is 0 Å². The highest BCUT2D eigenvalue weighted by Crippen LogP contribution is 2.37. The van der Waals surface area contributed by atoms with Crippen LogP contribution in [-0.4, -0.2) is 41.8 Å². The van der Waals surface area contributed by atoms with Gasteiger partial charge >= 0.3 is 0 Å². The van der Waals surface area contributed by atoms with Crippen LogP contribution in [0.4, 0.5) is 14.5 Å². The average Bonchev–Trinajstić information content (AvgIpc) is 2.86. The molecule has 1 saturated heterocycles. The summed E-state index contributed by atoms with van der Waals surface area (Å²) in [7, 11) is 0.532. The Labute approximate surface area is 226 Å². The van der Waals surface area contributed by atoms with Gasteiger partial charge < -0.3 is 5.32 Å². The van der Waals surface area contributed by atoms with Gasteiger partial charge in [0, 0.05) is 36.5 Å². The van der Waals surface area contributed by atoms with Crippen LogP contribution >= 0.6 is 8.58 Å². The molecule has 38 heavy (non-hydrogen) atoms. The maximum atomic E-state index is 13.8. The Morgan fingerprint density at radius 3 is 2.84 bits per heavy atom. The molecule has 2 N–H and O–H groups in total. The third-order valence-corrected chi connectivity index (χ3v) is 8.18. The Hall–Kier alpha value is -2.73. The molecule has 202 valence electrons. The summed E-state index contributed by atoms with van der Waals surface area (Å²) in [4.78, 5) is 19.4. The van der Waals surface area contributed by atoms with Gasteiger partial charge in [-0.05, 0) is 79.5 Å². The Kier molecular flexibility index (Phi) is 9.24. The van der Waals surface area contributed by atoms with E-state index in [2.05, 4.69) is 42.1 Å². The van der Waals surface area contributed by atoms with Crippen molar-refractivity contribution >= 4 is 26.4 Å². The molecule has 8 heteroatoms. The van der Waals surface area contributed by atoms with Crippen LogP contribution in [0.15, 0.2) is 71.1 Å². The molecule has 0 aliphatic carbocycles. The fourth-order valence-electron chi connectivity index (χ4n) is 4.88. The average molecular weight is 539 g/mol. The number of aryl methyl sites for hydroxylation is 1. The van der Waals surface area contributed by atoms with E-state index in [-0.39, 0.29) is 30.7 Å². The van der Waals surface area contributed by atoms with Crippen molar-refractivity contribution in [3.8, 4) is 0 Å². The molecule has 4 rings (SSSR count). The van der Waals surface area contributed by atoms with Crippen LogP contribution in [0, 0.1) is 6.92 Å². The number of nitrogens with one attached hydrogen (secondary N) is 2. The highest BCUT2D eigenvalue weighted by Gasteiger charge is 2.35. The fourth-order valence-corrected chi connectivity index (χ4v) is 6.05. The van der Waals surface area contributed by atoms with Crippen LogP contribution in [0.1, 0.15) is 66.2 Å². The zero-order valence-electron chi connectivity index (χ0n) is 22.4. The molecular formula is C30H37F2N4OP. The van der Waals surface area contributed by atoms with E-state index in [1.165, 1.54) is 0 Å². The van der Waals surface area contributed by atoms with Gasteiger partial charge in [0.05, 0.1) is 18.0 Å². The molecule has 1 fully saturated rings. The third-order valence-electron chi connectivity index (χ3n) is 6.94. The van der Waals surface area contributed by atoms with Crippen LogP contribution in [0.2, 0.25) is 0 Å². The zero-order valence-corrected chi connectivity index (χ0v) is 23.4.